The fourth-order valence-electron chi connectivity index (χ4n) is 1.28. The lowest BCUT2D eigenvalue weighted by atomic mass is 10.1. The van der Waals surface area contributed by atoms with Gasteiger partial charge < -0.3 is 9.84 Å². The summed E-state index contributed by atoms with van der Waals surface area (Å²) in [6.45, 7) is 1.65. The standard InChI is InChI=1S/C11H15ClO4S/c1-8(13)10-7-9(12)3-4-11(10)16-5-6-17(2,14)15/h3-4,7-8,13H,5-6H2,1-2H3/t8-/m0/s1. The number of benzene rings is 1. The summed E-state index contributed by atoms with van der Waals surface area (Å²) in [5.41, 5.74) is 0.547. The Morgan fingerprint density at radius 3 is 2.65 bits per heavy atom. The van der Waals surface area contributed by atoms with E-state index in [0.29, 0.717) is 16.3 Å². The van der Waals surface area contributed by atoms with Crippen LogP contribution in [0.25, 0.3) is 0 Å². The van der Waals surface area contributed by atoms with Gasteiger partial charge in [0.2, 0.25) is 0 Å². The molecule has 1 N–H and O–H groups in total. The molecule has 0 aliphatic carbocycles. The molecule has 17 heavy (non-hydrogen) atoms. The first-order valence-electron chi connectivity index (χ1n) is 5.07. The molecule has 0 saturated heterocycles. The second-order valence-electron chi connectivity index (χ2n) is 3.84. The van der Waals surface area contributed by atoms with Crippen molar-refractivity contribution in [2.24, 2.45) is 0 Å². The van der Waals surface area contributed by atoms with Crippen LogP contribution in [-0.4, -0.2) is 32.1 Å². The van der Waals surface area contributed by atoms with Crippen molar-refractivity contribution in [3.63, 3.8) is 0 Å². The molecule has 0 saturated carbocycles. The van der Waals surface area contributed by atoms with Gasteiger partial charge in [-0.05, 0) is 25.1 Å². The number of hydrogen-bond donors (Lipinski definition) is 1. The zero-order valence-corrected chi connectivity index (χ0v) is 11.3. The average Bonchev–Trinajstić information content (AvgIpc) is 2.18. The van der Waals surface area contributed by atoms with E-state index in [1.54, 1.807) is 25.1 Å². The Morgan fingerprint density at radius 2 is 2.12 bits per heavy atom. The minimum absolute atomic E-state index is 0.0557. The van der Waals surface area contributed by atoms with Crippen LogP contribution < -0.4 is 4.74 Å². The van der Waals surface area contributed by atoms with E-state index in [4.69, 9.17) is 16.3 Å². The molecular formula is C11H15ClO4S. The van der Waals surface area contributed by atoms with E-state index in [1.165, 1.54) is 0 Å². The molecular weight excluding hydrogens is 264 g/mol. The van der Waals surface area contributed by atoms with Crippen molar-refractivity contribution in [3.05, 3.63) is 28.8 Å². The summed E-state index contributed by atoms with van der Waals surface area (Å²) in [4.78, 5) is 0. The van der Waals surface area contributed by atoms with Crippen LogP contribution in [0.2, 0.25) is 5.02 Å². The van der Waals surface area contributed by atoms with Crippen LogP contribution in [0.4, 0.5) is 0 Å². The minimum Gasteiger partial charge on any atom is -0.492 e. The van der Waals surface area contributed by atoms with Gasteiger partial charge in [-0.25, -0.2) is 8.42 Å². The first kappa shape index (κ1) is 14.3. The summed E-state index contributed by atoms with van der Waals surface area (Å²) >= 11 is 5.80. The van der Waals surface area contributed by atoms with Gasteiger partial charge >= 0.3 is 0 Å². The Bertz CT molecular complexity index is 482. The molecule has 1 atom stereocenters. The number of aliphatic hydroxyl groups is 1. The van der Waals surface area contributed by atoms with E-state index in [0.717, 1.165) is 6.26 Å². The Kier molecular flexibility index (Phi) is 4.80. The molecule has 96 valence electrons. The van der Waals surface area contributed by atoms with Gasteiger partial charge in [0, 0.05) is 16.8 Å². The zero-order valence-electron chi connectivity index (χ0n) is 9.68. The molecule has 0 radical (unpaired) electrons. The smallest absolute Gasteiger partial charge is 0.150 e. The molecule has 1 rings (SSSR count). The lowest BCUT2D eigenvalue weighted by molar-refractivity contribution is 0.192. The summed E-state index contributed by atoms with van der Waals surface area (Å²) in [5.74, 6) is 0.391. The Morgan fingerprint density at radius 1 is 1.47 bits per heavy atom. The predicted molar refractivity (Wildman–Crippen MR) is 67.3 cm³/mol. The molecule has 0 aliphatic heterocycles. The minimum atomic E-state index is -3.05. The number of sulfone groups is 1. The molecule has 1 aromatic rings. The van der Waals surface area contributed by atoms with Crippen LogP contribution in [0.5, 0.6) is 5.75 Å². The van der Waals surface area contributed by atoms with E-state index in [2.05, 4.69) is 0 Å². The number of hydrogen-bond acceptors (Lipinski definition) is 4. The molecule has 0 unspecified atom stereocenters. The van der Waals surface area contributed by atoms with E-state index in [-0.39, 0.29) is 12.4 Å². The van der Waals surface area contributed by atoms with Crippen LogP contribution in [0.1, 0.15) is 18.6 Å². The fraction of sp³-hybridized carbons (Fsp3) is 0.455. The van der Waals surface area contributed by atoms with Crippen LogP contribution >= 0.6 is 11.6 Å². The molecule has 0 bridgehead atoms. The molecule has 6 heteroatoms. The topological polar surface area (TPSA) is 63.6 Å². The van der Waals surface area contributed by atoms with Gasteiger partial charge in [-0.15, -0.1) is 0 Å². The van der Waals surface area contributed by atoms with Gasteiger partial charge in [0.25, 0.3) is 0 Å². The molecule has 0 aliphatic rings. The Balaban J connectivity index is 2.77. The van der Waals surface area contributed by atoms with Crippen molar-refractivity contribution >= 4 is 21.4 Å². The van der Waals surface area contributed by atoms with E-state index in [1.807, 2.05) is 0 Å². The first-order valence-corrected chi connectivity index (χ1v) is 7.51. The van der Waals surface area contributed by atoms with Crippen LogP contribution in [0, 0.1) is 0 Å². The van der Waals surface area contributed by atoms with Crippen molar-refractivity contribution < 1.29 is 18.3 Å². The van der Waals surface area contributed by atoms with Crippen LogP contribution in [-0.2, 0) is 9.84 Å². The number of ether oxygens (including phenoxy) is 1. The van der Waals surface area contributed by atoms with Gasteiger partial charge in [0.05, 0.1) is 11.9 Å². The second kappa shape index (κ2) is 5.71. The average molecular weight is 279 g/mol. The van der Waals surface area contributed by atoms with Crippen molar-refractivity contribution in [1.82, 2.24) is 0 Å². The third-order valence-corrected chi connectivity index (χ3v) is 3.28. The number of rotatable bonds is 5. The summed E-state index contributed by atoms with van der Waals surface area (Å²) < 4.78 is 27.2. The summed E-state index contributed by atoms with van der Waals surface area (Å²) in [6.07, 6.45) is 0.426. The highest BCUT2D eigenvalue weighted by atomic mass is 35.5. The van der Waals surface area contributed by atoms with Crippen molar-refractivity contribution in [2.45, 2.75) is 13.0 Å². The maximum Gasteiger partial charge on any atom is 0.150 e. The maximum absolute atomic E-state index is 10.9. The van der Waals surface area contributed by atoms with E-state index in [9.17, 15) is 13.5 Å². The normalized spacial score (nSPS) is 13.4. The molecule has 0 heterocycles. The largest absolute Gasteiger partial charge is 0.492 e. The van der Waals surface area contributed by atoms with Gasteiger partial charge in [-0.3, -0.25) is 0 Å². The molecule has 0 amide bonds. The number of aliphatic hydroxyl groups excluding tert-OH is 1. The van der Waals surface area contributed by atoms with Crippen LogP contribution in [0.15, 0.2) is 18.2 Å². The summed E-state index contributed by atoms with van der Waals surface area (Å²) in [6, 6.07) is 4.85. The zero-order chi connectivity index (χ0) is 13.1. The quantitative estimate of drug-likeness (QED) is 0.892. The van der Waals surface area contributed by atoms with Crippen molar-refractivity contribution in [3.8, 4) is 5.75 Å². The molecule has 0 aromatic heterocycles. The SMILES string of the molecule is C[C@H](O)c1cc(Cl)ccc1OCCS(C)(=O)=O. The van der Waals surface area contributed by atoms with Crippen molar-refractivity contribution in [2.75, 3.05) is 18.6 Å². The second-order valence-corrected chi connectivity index (χ2v) is 6.53. The Hall–Kier alpha value is -0.780. The third-order valence-electron chi connectivity index (χ3n) is 2.13. The monoisotopic (exact) mass is 278 g/mol. The highest BCUT2D eigenvalue weighted by Crippen LogP contribution is 2.28. The predicted octanol–water partition coefficient (Wildman–Crippen LogP) is 1.82. The highest BCUT2D eigenvalue weighted by Gasteiger charge is 2.11. The van der Waals surface area contributed by atoms with E-state index < -0.39 is 15.9 Å². The van der Waals surface area contributed by atoms with Crippen molar-refractivity contribution in [1.29, 1.82) is 0 Å². The van der Waals surface area contributed by atoms with E-state index >= 15 is 0 Å². The summed E-state index contributed by atoms with van der Waals surface area (Å²) in [5, 5.41) is 10.0. The number of halogens is 1. The molecule has 1 aromatic carbocycles. The first-order chi connectivity index (χ1) is 7.79. The van der Waals surface area contributed by atoms with Gasteiger partial charge in [-0.2, -0.15) is 0 Å². The third kappa shape index (κ3) is 4.93. The lowest BCUT2D eigenvalue weighted by Gasteiger charge is -2.13. The molecule has 4 nitrogen and oxygen atoms in total. The maximum atomic E-state index is 10.9. The Labute approximate surface area is 106 Å². The van der Waals surface area contributed by atoms with Crippen LogP contribution in [0.3, 0.4) is 0 Å². The van der Waals surface area contributed by atoms with Gasteiger partial charge in [0.15, 0.2) is 9.84 Å². The lowest BCUT2D eigenvalue weighted by Crippen LogP contribution is -2.13. The fourth-order valence-corrected chi connectivity index (χ4v) is 1.85. The molecule has 0 spiro atoms. The molecule has 0 fully saturated rings. The highest BCUT2D eigenvalue weighted by molar-refractivity contribution is 7.90. The van der Waals surface area contributed by atoms with Gasteiger partial charge in [-0.1, -0.05) is 11.6 Å². The summed E-state index contributed by atoms with van der Waals surface area (Å²) in [7, 11) is -3.05. The van der Waals surface area contributed by atoms with Gasteiger partial charge in [0.1, 0.15) is 12.4 Å².